The molecule has 1 heterocycles. The van der Waals surface area contributed by atoms with E-state index in [1.54, 1.807) is 0 Å². The Morgan fingerprint density at radius 1 is 0.760 bits per heavy atom. The van der Waals surface area contributed by atoms with Crippen molar-refractivity contribution in [1.82, 2.24) is 4.98 Å². The van der Waals surface area contributed by atoms with E-state index < -0.39 is 0 Å². The van der Waals surface area contributed by atoms with Crippen molar-refractivity contribution >= 4 is 16.7 Å². The minimum atomic E-state index is 0.0394. The second-order valence-electron chi connectivity index (χ2n) is 6.05. The van der Waals surface area contributed by atoms with E-state index in [0.717, 1.165) is 38.7 Å². The van der Waals surface area contributed by atoms with E-state index in [-0.39, 0.29) is 6.61 Å². The lowest BCUT2D eigenvalue weighted by molar-refractivity contribution is 0.282. The molecule has 0 atom stereocenters. The van der Waals surface area contributed by atoms with Crippen LogP contribution in [0.25, 0.3) is 33.2 Å². The highest BCUT2D eigenvalue weighted by atomic mass is 16.3. The lowest BCUT2D eigenvalue weighted by Crippen LogP contribution is -1.95. The summed E-state index contributed by atoms with van der Waals surface area (Å²) < 4.78 is 0. The Labute approximate surface area is 146 Å². The summed E-state index contributed by atoms with van der Waals surface area (Å²) in [6.07, 6.45) is 0. The van der Waals surface area contributed by atoms with Gasteiger partial charge in [0.2, 0.25) is 0 Å². The fourth-order valence-corrected chi connectivity index (χ4v) is 3.07. The molecule has 4 aromatic rings. The van der Waals surface area contributed by atoms with Gasteiger partial charge >= 0.3 is 0 Å². The molecule has 3 aromatic carbocycles. The molecule has 0 aliphatic carbocycles. The summed E-state index contributed by atoms with van der Waals surface area (Å²) in [7, 11) is 0. The van der Waals surface area contributed by atoms with E-state index in [9.17, 15) is 5.11 Å². The maximum Gasteiger partial charge on any atom is 0.131 e. The van der Waals surface area contributed by atoms with Crippen LogP contribution in [0.15, 0.2) is 78.9 Å². The SMILES string of the molecule is Nc1nc2ccc(-c3cccc(CO)c3)cc2cc1-c1ccccc1. The highest BCUT2D eigenvalue weighted by Crippen LogP contribution is 2.31. The highest BCUT2D eigenvalue weighted by molar-refractivity contribution is 5.91. The number of nitrogens with zero attached hydrogens (tertiary/aromatic N) is 1. The molecule has 0 amide bonds. The first-order chi connectivity index (χ1) is 12.2. The maximum atomic E-state index is 9.35. The summed E-state index contributed by atoms with van der Waals surface area (Å²) >= 11 is 0. The van der Waals surface area contributed by atoms with Crippen molar-refractivity contribution in [2.45, 2.75) is 6.61 Å². The summed E-state index contributed by atoms with van der Waals surface area (Å²) in [4.78, 5) is 4.56. The molecule has 122 valence electrons. The van der Waals surface area contributed by atoms with Crippen LogP contribution in [0.5, 0.6) is 0 Å². The Morgan fingerprint density at radius 3 is 2.32 bits per heavy atom. The van der Waals surface area contributed by atoms with Crippen molar-refractivity contribution in [2.24, 2.45) is 0 Å². The predicted octanol–water partition coefficient (Wildman–Crippen LogP) is 4.64. The fraction of sp³-hybridized carbons (Fsp3) is 0.0455. The summed E-state index contributed by atoms with van der Waals surface area (Å²) in [6, 6.07) is 26.2. The Hall–Kier alpha value is -3.17. The average Bonchev–Trinajstić information content (AvgIpc) is 2.68. The largest absolute Gasteiger partial charge is 0.392 e. The van der Waals surface area contributed by atoms with Crippen molar-refractivity contribution in [1.29, 1.82) is 0 Å². The van der Waals surface area contributed by atoms with Gasteiger partial charge in [-0.2, -0.15) is 0 Å². The third kappa shape index (κ3) is 2.97. The van der Waals surface area contributed by atoms with Crippen LogP contribution in [-0.4, -0.2) is 10.1 Å². The van der Waals surface area contributed by atoms with Gasteiger partial charge in [0.1, 0.15) is 5.82 Å². The van der Waals surface area contributed by atoms with Crippen molar-refractivity contribution in [2.75, 3.05) is 5.73 Å². The van der Waals surface area contributed by atoms with Gasteiger partial charge in [0.25, 0.3) is 0 Å². The Morgan fingerprint density at radius 2 is 1.52 bits per heavy atom. The number of aliphatic hydroxyl groups is 1. The highest BCUT2D eigenvalue weighted by Gasteiger charge is 2.08. The average molecular weight is 326 g/mol. The van der Waals surface area contributed by atoms with Crippen LogP contribution in [0, 0.1) is 0 Å². The molecular weight excluding hydrogens is 308 g/mol. The zero-order chi connectivity index (χ0) is 17.2. The monoisotopic (exact) mass is 326 g/mol. The number of rotatable bonds is 3. The molecule has 0 bridgehead atoms. The first-order valence-electron chi connectivity index (χ1n) is 8.20. The van der Waals surface area contributed by atoms with Crippen LogP contribution in [0.1, 0.15) is 5.56 Å². The van der Waals surface area contributed by atoms with E-state index in [0.29, 0.717) is 5.82 Å². The van der Waals surface area contributed by atoms with Crippen LogP contribution >= 0.6 is 0 Å². The molecule has 0 aliphatic heterocycles. The molecule has 3 heteroatoms. The van der Waals surface area contributed by atoms with Crippen LogP contribution < -0.4 is 5.73 Å². The second kappa shape index (κ2) is 6.38. The third-order valence-corrected chi connectivity index (χ3v) is 4.37. The number of aliphatic hydroxyl groups excluding tert-OH is 1. The Bertz CT molecular complexity index is 1040. The molecule has 0 saturated carbocycles. The van der Waals surface area contributed by atoms with Gasteiger partial charge in [0.15, 0.2) is 0 Å². The normalized spacial score (nSPS) is 10.9. The maximum absolute atomic E-state index is 9.35. The third-order valence-electron chi connectivity index (χ3n) is 4.37. The number of fused-ring (bicyclic) bond motifs is 1. The Balaban J connectivity index is 1.86. The van der Waals surface area contributed by atoms with Gasteiger partial charge in [-0.1, -0.05) is 54.6 Å². The lowest BCUT2D eigenvalue weighted by atomic mass is 9.99. The smallest absolute Gasteiger partial charge is 0.131 e. The number of anilines is 1. The van der Waals surface area contributed by atoms with E-state index in [1.165, 1.54) is 0 Å². The fourth-order valence-electron chi connectivity index (χ4n) is 3.07. The van der Waals surface area contributed by atoms with Crippen molar-refractivity contribution in [3.05, 3.63) is 84.4 Å². The van der Waals surface area contributed by atoms with Crippen LogP contribution in [0.2, 0.25) is 0 Å². The summed E-state index contributed by atoms with van der Waals surface area (Å²) in [5.74, 6) is 0.536. The van der Waals surface area contributed by atoms with Crippen molar-refractivity contribution in [3.63, 3.8) is 0 Å². The second-order valence-corrected chi connectivity index (χ2v) is 6.05. The van der Waals surface area contributed by atoms with E-state index >= 15 is 0 Å². The Kier molecular flexibility index (Phi) is 3.92. The summed E-state index contributed by atoms with van der Waals surface area (Å²) in [6.45, 7) is 0.0394. The molecule has 3 nitrogen and oxygen atoms in total. The molecule has 0 saturated heterocycles. The van der Waals surface area contributed by atoms with Gasteiger partial charge < -0.3 is 10.8 Å². The molecule has 0 aliphatic rings. The molecular formula is C22H18N2O. The molecule has 0 spiro atoms. The van der Waals surface area contributed by atoms with Crippen LogP contribution in [0.4, 0.5) is 5.82 Å². The van der Waals surface area contributed by atoms with Crippen molar-refractivity contribution < 1.29 is 5.11 Å². The van der Waals surface area contributed by atoms with Gasteiger partial charge in [-0.05, 0) is 46.5 Å². The van der Waals surface area contributed by atoms with E-state index in [2.05, 4.69) is 17.1 Å². The van der Waals surface area contributed by atoms with Gasteiger partial charge in [-0.25, -0.2) is 4.98 Å². The molecule has 1 aromatic heterocycles. The van der Waals surface area contributed by atoms with Gasteiger partial charge in [0, 0.05) is 10.9 Å². The first-order valence-corrected chi connectivity index (χ1v) is 8.20. The molecule has 25 heavy (non-hydrogen) atoms. The van der Waals surface area contributed by atoms with E-state index in [4.69, 9.17) is 5.73 Å². The standard InChI is InChI=1S/C22H18N2O/c23-22-20(16-6-2-1-3-7-16)13-19-12-18(9-10-21(19)24-22)17-8-4-5-15(11-17)14-25/h1-13,25H,14H2,(H2,23,24). The minimum absolute atomic E-state index is 0.0394. The van der Waals surface area contributed by atoms with Gasteiger partial charge in [0.05, 0.1) is 12.1 Å². The number of aromatic nitrogens is 1. The van der Waals surface area contributed by atoms with Crippen LogP contribution in [0.3, 0.4) is 0 Å². The zero-order valence-electron chi connectivity index (χ0n) is 13.7. The quantitative estimate of drug-likeness (QED) is 0.576. The number of nitrogens with two attached hydrogens (primary N) is 1. The lowest BCUT2D eigenvalue weighted by Gasteiger charge is -2.10. The number of hydrogen-bond acceptors (Lipinski definition) is 3. The topological polar surface area (TPSA) is 59.1 Å². The first kappa shape index (κ1) is 15.4. The van der Waals surface area contributed by atoms with Crippen LogP contribution in [-0.2, 0) is 6.61 Å². The number of hydrogen-bond donors (Lipinski definition) is 2. The van der Waals surface area contributed by atoms with Gasteiger partial charge in [-0.15, -0.1) is 0 Å². The molecule has 3 N–H and O–H groups in total. The van der Waals surface area contributed by atoms with Gasteiger partial charge in [-0.3, -0.25) is 0 Å². The predicted molar refractivity (Wildman–Crippen MR) is 103 cm³/mol. The molecule has 0 fully saturated rings. The summed E-state index contributed by atoms with van der Waals surface area (Å²) in [5.41, 5.74) is 12.1. The molecule has 0 unspecified atom stereocenters. The minimum Gasteiger partial charge on any atom is -0.392 e. The zero-order valence-corrected chi connectivity index (χ0v) is 13.7. The van der Waals surface area contributed by atoms with E-state index in [1.807, 2.05) is 66.7 Å². The molecule has 4 rings (SSSR count). The van der Waals surface area contributed by atoms with Crippen molar-refractivity contribution in [3.8, 4) is 22.3 Å². The number of benzene rings is 3. The number of nitrogen functional groups attached to an aromatic ring is 1. The summed E-state index contributed by atoms with van der Waals surface area (Å²) in [5, 5.41) is 10.4. The number of pyridine rings is 1. The molecule has 0 radical (unpaired) electrons.